The Hall–Kier alpha value is -3.27. The monoisotopic (exact) mass is 510 g/mol. The molecule has 34 heavy (non-hydrogen) atoms. The molecule has 0 bridgehead atoms. The van der Waals surface area contributed by atoms with Crippen molar-refractivity contribution in [3.63, 3.8) is 0 Å². The van der Waals surface area contributed by atoms with Crippen molar-refractivity contribution in [1.29, 1.82) is 0 Å². The molecule has 5 aromatic rings. The maximum Gasteiger partial charge on any atom is 0.336 e. The molecule has 4 heterocycles. The molecular formula is C24H15ClN2O5S2. The number of carboxylic acid groups (broad SMARTS) is 1. The molecule has 1 aromatic carbocycles. The SMILES string of the molecule is O=C(O)c1cc(Cl)ccc1-c1ccc(C=c2sc3nc(=O)c4c5c(sc4n3c2=O)CCCC5)o1. The van der Waals surface area contributed by atoms with E-state index in [9.17, 15) is 19.5 Å². The van der Waals surface area contributed by atoms with Crippen LogP contribution in [0, 0.1) is 0 Å². The van der Waals surface area contributed by atoms with Crippen LogP contribution in [-0.4, -0.2) is 20.5 Å². The molecule has 1 N–H and O–H groups in total. The van der Waals surface area contributed by atoms with Crippen LogP contribution >= 0.6 is 34.3 Å². The third kappa shape index (κ3) is 3.31. The lowest BCUT2D eigenvalue weighted by Gasteiger charge is -2.09. The predicted molar refractivity (Wildman–Crippen MR) is 133 cm³/mol. The highest BCUT2D eigenvalue weighted by Gasteiger charge is 2.22. The van der Waals surface area contributed by atoms with Crippen LogP contribution < -0.4 is 15.7 Å². The number of carboxylic acids is 1. The van der Waals surface area contributed by atoms with Crippen LogP contribution in [0.1, 0.15) is 39.4 Å². The van der Waals surface area contributed by atoms with Gasteiger partial charge in [-0.3, -0.25) is 9.59 Å². The van der Waals surface area contributed by atoms with Gasteiger partial charge in [-0.25, -0.2) is 9.20 Å². The number of hydrogen-bond acceptors (Lipinski definition) is 7. The number of benzene rings is 1. The van der Waals surface area contributed by atoms with Gasteiger partial charge in [0.1, 0.15) is 20.9 Å². The van der Waals surface area contributed by atoms with Crippen LogP contribution in [0.2, 0.25) is 5.02 Å². The van der Waals surface area contributed by atoms with Gasteiger partial charge in [-0.05, 0) is 61.6 Å². The Labute approximate surface area is 204 Å². The van der Waals surface area contributed by atoms with Crippen molar-refractivity contribution in [2.45, 2.75) is 25.7 Å². The summed E-state index contributed by atoms with van der Waals surface area (Å²) < 4.78 is 7.76. The first-order valence-electron chi connectivity index (χ1n) is 10.6. The van der Waals surface area contributed by atoms with Gasteiger partial charge in [0, 0.05) is 21.5 Å². The molecule has 0 spiro atoms. The molecule has 0 aliphatic heterocycles. The third-order valence-corrected chi connectivity index (χ3v) is 8.43. The zero-order valence-electron chi connectivity index (χ0n) is 17.5. The second-order valence-electron chi connectivity index (χ2n) is 8.04. The van der Waals surface area contributed by atoms with E-state index < -0.39 is 5.97 Å². The number of fused-ring (bicyclic) bond motifs is 5. The molecule has 0 amide bonds. The zero-order chi connectivity index (χ0) is 23.6. The van der Waals surface area contributed by atoms with Crippen molar-refractivity contribution < 1.29 is 14.3 Å². The molecule has 7 nitrogen and oxygen atoms in total. The fraction of sp³-hybridized carbons (Fsp3) is 0.167. The quantitative estimate of drug-likeness (QED) is 0.387. The summed E-state index contributed by atoms with van der Waals surface area (Å²) in [7, 11) is 0. The average Bonchev–Trinajstić information content (AvgIpc) is 3.50. The topological polar surface area (TPSA) is 102 Å². The summed E-state index contributed by atoms with van der Waals surface area (Å²) in [6.45, 7) is 0. The predicted octanol–water partition coefficient (Wildman–Crippen LogP) is 4.37. The molecule has 0 fully saturated rings. The normalized spacial score (nSPS) is 14.2. The first-order valence-corrected chi connectivity index (χ1v) is 12.6. The lowest BCUT2D eigenvalue weighted by Crippen LogP contribution is -2.24. The summed E-state index contributed by atoms with van der Waals surface area (Å²) in [6, 6.07) is 7.84. The molecule has 0 saturated heterocycles. The van der Waals surface area contributed by atoms with Gasteiger partial charge < -0.3 is 9.52 Å². The zero-order valence-corrected chi connectivity index (χ0v) is 19.9. The van der Waals surface area contributed by atoms with Gasteiger partial charge in [-0.1, -0.05) is 22.9 Å². The van der Waals surface area contributed by atoms with E-state index in [1.165, 1.54) is 26.7 Å². The van der Waals surface area contributed by atoms with Crippen molar-refractivity contribution >= 4 is 61.5 Å². The summed E-state index contributed by atoms with van der Waals surface area (Å²) in [5.41, 5.74) is 0.903. The first-order chi connectivity index (χ1) is 16.4. The van der Waals surface area contributed by atoms with Gasteiger partial charge in [0.2, 0.25) is 4.96 Å². The molecule has 1 aliphatic carbocycles. The van der Waals surface area contributed by atoms with E-state index in [1.807, 2.05) is 0 Å². The highest BCUT2D eigenvalue weighted by atomic mass is 35.5. The number of halogens is 1. The number of hydrogen-bond donors (Lipinski definition) is 1. The van der Waals surface area contributed by atoms with Gasteiger partial charge in [0.15, 0.2) is 0 Å². The van der Waals surface area contributed by atoms with E-state index in [1.54, 1.807) is 30.3 Å². The van der Waals surface area contributed by atoms with Gasteiger partial charge in [-0.15, -0.1) is 11.3 Å². The minimum Gasteiger partial charge on any atom is -0.478 e. The third-order valence-electron chi connectivity index (χ3n) is 5.95. The Morgan fingerprint density at radius 2 is 1.97 bits per heavy atom. The van der Waals surface area contributed by atoms with Crippen molar-refractivity contribution in [3.05, 3.63) is 82.4 Å². The van der Waals surface area contributed by atoms with Crippen molar-refractivity contribution in [1.82, 2.24) is 9.38 Å². The van der Waals surface area contributed by atoms with E-state index >= 15 is 0 Å². The van der Waals surface area contributed by atoms with Crippen LogP contribution in [0.4, 0.5) is 0 Å². The summed E-state index contributed by atoms with van der Waals surface area (Å²) in [4.78, 5) is 44.1. The van der Waals surface area contributed by atoms with E-state index in [0.29, 0.717) is 41.8 Å². The van der Waals surface area contributed by atoms with Gasteiger partial charge in [0.25, 0.3) is 11.1 Å². The van der Waals surface area contributed by atoms with Crippen molar-refractivity contribution in [3.8, 4) is 11.3 Å². The minimum absolute atomic E-state index is 0.0200. The van der Waals surface area contributed by atoms with Gasteiger partial charge in [0.05, 0.1) is 10.9 Å². The number of thiazole rings is 1. The second kappa shape index (κ2) is 7.90. The number of nitrogens with zero attached hydrogens (tertiary/aromatic N) is 2. The van der Waals surface area contributed by atoms with Crippen LogP contribution in [0.15, 0.2) is 44.3 Å². The molecule has 4 aromatic heterocycles. The fourth-order valence-corrected chi connectivity index (χ4v) is 6.97. The van der Waals surface area contributed by atoms with E-state index in [-0.39, 0.29) is 16.7 Å². The molecule has 0 atom stereocenters. The molecule has 10 heteroatoms. The van der Waals surface area contributed by atoms with Crippen LogP contribution in [0.5, 0.6) is 0 Å². The minimum atomic E-state index is -1.12. The van der Waals surface area contributed by atoms with Gasteiger partial charge >= 0.3 is 5.97 Å². The highest BCUT2D eigenvalue weighted by Crippen LogP contribution is 2.34. The molecule has 0 unspecified atom stereocenters. The number of aromatic carboxylic acids is 1. The maximum absolute atomic E-state index is 13.3. The Bertz CT molecular complexity index is 1810. The summed E-state index contributed by atoms with van der Waals surface area (Å²) >= 11 is 8.58. The number of thiophene rings is 1. The molecule has 0 radical (unpaired) electrons. The Balaban J connectivity index is 1.51. The number of furan rings is 1. The highest BCUT2D eigenvalue weighted by molar-refractivity contribution is 7.19. The molecule has 1 aliphatic rings. The van der Waals surface area contributed by atoms with Crippen LogP contribution in [0.25, 0.3) is 32.6 Å². The Morgan fingerprint density at radius 3 is 2.79 bits per heavy atom. The summed E-state index contributed by atoms with van der Waals surface area (Å²) in [5, 5.41) is 10.4. The smallest absolute Gasteiger partial charge is 0.336 e. The summed E-state index contributed by atoms with van der Waals surface area (Å²) in [5.74, 6) is -0.395. The number of carbonyl (C=O) groups is 1. The second-order valence-corrected chi connectivity index (χ2v) is 10.6. The molecular weight excluding hydrogens is 496 g/mol. The van der Waals surface area contributed by atoms with E-state index in [0.717, 1.165) is 42.6 Å². The lowest BCUT2D eigenvalue weighted by atomic mass is 9.97. The summed E-state index contributed by atoms with van der Waals surface area (Å²) in [6.07, 6.45) is 5.47. The number of rotatable bonds is 3. The van der Waals surface area contributed by atoms with Crippen LogP contribution in [0.3, 0.4) is 0 Å². The standard InChI is InChI=1S/C24H15ClN2O5S2/c25-11-5-7-13(15(9-11)23(30)31)16-8-6-12(32-16)10-18-21(29)27-22-19(20(28)26-24(27)34-18)14-3-1-2-4-17(14)33-22/h5-10H,1-4H2,(H,30,31). The molecule has 6 rings (SSSR count). The van der Waals surface area contributed by atoms with Crippen LogP contribution in [-0.2, 0) is 12.8 Å². The lowest BCUT2D eigenvalue weighted by molar-refractivity contribution is 0.0697. The van der Waals surface area contributed by atoms with Gasteiger partial charge in [-0.2, -0.15) is 4.98 Å². The maximum atomic E-state index is 13.3. The number of aryl methyl sites for hydroxylation is 2. The molecule has 0 saturated carbocycles. The fourth-order valence-electron chi connectivity index (χ4n) is 4.41. The van der Waals surface area contributed by atoms with E-state index in [4.69, 9.17) is 16.0 Å². The molecule has 170 valence electrons. The Kier molecular flexibility index (Phi) is 4.94. The van der Waals surface area contributed by atoms with Crippen molar-refractivity contribution in [2.24, 2.45) is 0 Å². The van der Waals surface area contributed by atoms with Crippen molar-refractivity contribution in [2.75, 3.05) is 0 Å². The first kappa shape index (κ1) is 21.3. The largest absolute Gasteiger partial charge is 0.478 e. The van der Waals surface area contributed by atoms with E-state index in [2.05, 4.69) is 4.98 Å². The Morgan fingerprint density at radius 1 is 1.15 bits per heavy atom. The average molecular weight is 511 g/mol. The number of aromatic nitrogens is 2.